The molecule has 0 saturated carbocycles. The highest BCUT2D eigenvalue weighted by Gasteiger charge is 2.33. The summed E-state index contributed by atoms with van der Waals surface area (Å²) in [5.74, 6) is 1.25. The Hall–Kier alpha value is -2.18. The topological polar surface area (TPSA) is 77.1 Å². The Balaban J connectivity index is 1.79. The molecule has 0 bridgehead atoms. The first-order valence-electron chi connectivity index (χ1n) is 7.56. The number of amides is 1. The van der Waals surface area contributed by atoms with Gasteiger partial charge in [0.1, 0.15) is 0 Å². The SMILES string of the molecule is Cc1nc([C@H]2CCCN2C(=O)Cc2c(C)nn(C)c2C)no1. The zero-order valence-electron chi connectivity index (χ0n) is 13.5. The second kappa shape index (κ2) is 5.55. The first kappa shape index (κ1) is 14.7. The first-order valence-corrected chi connectivity index (χ1v) is 7.56. The Morgan fingerprint density at radius 2 is 2.14 bits per heavy atom. The van der Waals surface area contributed by atoms with Crippen molar-refractivity contribution in [1.29, 1.82) is 0 Å². The van der Waals surface area contributed by atoms with Crippen molar-refractivity contribution in [3.8, 4) is 0 Å². The van der Waals surface area contributed by atoms with Crippen molar-refractivity contribution < 1.29 is 9.32 Å². The summed E-state index contributed by atoms with van der Waals surface area (Å²) in [6, 6.07) is -0.0674. The summed E-state index contributed by atoms with van der Waals surface area (Å²) in [7, 11) is 1.90. The number of carbonyl (C=O) groups is 1. The molecule has 7 heteroatoms. The summed E-state index contributed by atoms with van der Waals surface area (Å²) < 4.78 is 6.87. The fourth-order valence-electron chi connectivity index (χ4n) is 3.11. The van der Waals surface area contributed by atoms with Crippen LogP contribution in [0.15, 0.2) is 4.52 Å². The lowest BCUT2D eigenvalue weighted by atomic mass is 10.1. The molecule has 1 aliphatic heterocycles. The average molecular weight is 303 g/mol. The van der Waals surface area contributed by atoms with Crippen LogP contribution in [0.1, 0.15) is 47.5 Å². The Bertz CT molecular complexity index is 703. The molecule has 0 spiro atoms. The molecule has 1 atom stereocenters. The molecular formula is C15H21N5O2. The van der Waals surface area contributed by atoms with Crippen LogP contribution in [0.2, 0.25) is 0 Å². The summed E-state index contributed by atoms with van der Waals surface area (Å²) in [6.45, 7) is 6.45. The number of likely N-dealkylation sites (tertiary alicyclic amines) is 1. The van der Waals surface area contributed by atoms with Crippen molar-refractivity contribution >= 4 is 5.91 Å². The van der Waals surface area contributed by atoms with Crippen LogP contribution in [0, 0.1) is 20.8 Å². The lowest BCUT2D eigenvalue weighted by Crippen LogP contribution is -2.32. The van der Waals surface area contributed by atoms with Crippen molar-refractivity contribution in [2.24, 2.45) is 7.05 Å². The quantitative estimate of drug-likeness (QED) is 0.861. The number of aryl methyl sites for hydroxylation is 3. The molecule has 22 heavy (non-hydrogen) atoms. The summed E-state index contributed by atoms with van der Waals surface area (Å²) in [5, 5.41) is 8.36. The molecule has 118 valence electrons. The van der Waals surface area contributed by atoms with Gasteiger partial charge in [-0.15, -0.1) is 0 Å². The molecule has 0 unspecified atom stereocenters. The van der Waals surface area contributed by atoms with Gasteiger partial charge in [-0.1, -0.05) is 5.16 Å². The maximum atomic E-state index is 12.7. The number of hydrogen-bond acceptors (Lipinski definition) is 5. The molecule has 1 amide bonds. The molecule has 2 aromatic heterocycles. The van der Waals surface area contributed by atoms with E-state index in [4.69, 9.17) is 4.52 Å². The normalized spacial score (nSPS) is 18.2. The Morgan fingerprint density at radius 1 is 1.36 bits per heavy atom. The van der Waals surface area contributed by atoms with Gasteiger partial charge >= 0.3 is 0 Å². The highest BCUT2D eigenvalue weighted by molar-refractivity contribution is 5.80. The van der Waals surface area contributed by atoms with Crippen molar-refractivity contribution in [1.82, 2.24) is 24.8 Å². The van der Waals surface area contributed by atoms with Crippen LogP contribution in [-0.2, 0) is 18.3 Å². The van der Waals surface area contributed by atoms with Gasteiger partial charge in [-0.2, -0.15) is 10.1 Å². The van der Waals surface area contributed by atoms with Crippen molar-refractivity contribution in [2.75, 3.05) is 6.54 Å². The Morgan fingerprint density at radius 3 is 2.73 bits per heavy atom. The van der Waals surface area contributed by atoms with Crippen molar-refractivity contribution in [3.05, 3.63) is 28.7 Å². The molecule has 3 heterocycles. The lowest BCUT2D eigenvalue weighted by Gasteiger charge is -2.22. The molecule has 0 radical (unpaired) electrons. The third-order valence-corrected chi connectivity index (χ3v) is 4.40. The van der Waals surface area contributed by atoms with E-state index in [0.29, 0.717) is 18.1 Å². The van der Waals surface area contributed by atoms with Crippen LogP contribution in [0.3, 0.4) is 0 Å². The van der Waals surface area contributed by atoms with E-state index in [2.05, 4.69) is 15.2 Å². The van der Waals surface area contributed by atoms with Gasteiger partial charge in [0.2, 0.25) is 11.8 Å². The van der Waals surface area contributed by atoms with Gasteiger partial charge in [0.15, 0.2) is 5.82 Å². The zero-order chi connectivity index (χ0) is 15.9. The minimum absolute atomic E-state index is 0.0674. The van der Waals surface area contributed by atoms with Crippen LogP contribution >= 0.6 is 0 Å². The van der Waals surface area contributed by atoms with E-state index in [1.54, 1.807) is 6.92 Å². The zero-order valence-corrected chi connectivity index (χ0v) is 13.5. The summed E-state index contributed by atoms with van der Waals surface area (Å²) in [6.07, 6.45) is 2.23. The second-order valence-corrected chi connectivity index (χ2v) is 5.87. The van der Waals surface area contributed by atoms with Gasteiger partial charge in [-0.25, -0.2) is 0 Å². The van der Waals surface area contributed by atoms with Crippen LogP contribution in [-0.4, -0.2) is 37.3 Å². The second-order valence-electron chi connectivity index (χ2n) is 5.87. The third kappa shape index (κ3) is 2.51. The van der Waals surface area contributed by atoms with Gasteiger partial charge in [0.05, 0.1) is 18.2 Å². The van der Waals surface area contributed by atoms with E-state index in [-0.39, 0.29) is 11.9 Å². The molecule has 1 saturated heterocycles. The molecule has 7 nitrogen and oxygen atoms in total. The molecule has 0 aromatic carbocycles. The van der Waals surface area contributed by atoms with Crippen LogP contribution in [0.4, 0.5) is 0 Å². The van der Waals surface area contributed by atoms with E-state index in [9.17, 15) is 4.79 Å². The predicted molar refractivity (Wildman–Crippen MR) is 79.1 cm³/mol. The number of nitrogens with zero attached hydrogens (tertiary/aromatic N) is 5. The van der Waals surface area contributed by atoms with Gasteiger partial charge in [0, 0.05) is 31.8 Å². The van der Waals surface area contributed by atoms with Gasteiger partial charge in [-0.3, -0.25) is 9.48 Å². The number of carbonyl (C=O) groups excluding carboxylic acids is 1. The van der Waals surface area contributed by atoms with Crippen LogP contribution < -0.4 is 0 Å². The van der Waals surface area contributed by atoms with Gasteiger partial charge in [0.25, 0.3) is 0 Å². The first-order chi connectivity index (χ1) is 10.5. The minimum atomic E-state index is -0.0674. The number of rotatable bonds is 3. The summed E-state index contributed by atoms with van der Waals surface area (Å²) >= 11 is 0. The van der Waals surface area contributed by atoms with E-state index in [0.717, 1.165) is 36.3 Å². The van der Waals surface area contributed by atoms with E-state index in [1.807, 2.05) is 30.5 Å². The molecular weight excluding hydrogens is 282 g/mol. The van der Waals surface area contributed by atoms with E-state index in [1.165, 1.54) is 0 Å². The van der Waals surface area contributed by atoms with E-state index >= 15 is 0 Å². The third-order valence-electron chi connectivity index (χ3n) is 4.40. The van der Waals surface area contributed by atoms with Crippen molar-refractivity contribution in [2.45, 2.75) is 46.1 Å². The fraction of sp³-hybridized carbons (Fsp3) is 0.600. The molecule has 3 rings (SSSR count). The lowest BCUT2D eigenvalue weighted by molar-refractivity contribution is -0.131. The largest absolute Gasteiger partial charge is 0.340 e. The van der Waals surface area contributed by atoms with Crippen LogP contribution in [0.25, 0.3) is 0 Å². The number of hydrogen-bond donors (Lipinski definition) is 0. The Kier molecular flexibility index (Phi) is 3.72. The number of aromatic nitrogens is 4. The summed E-state index contributed by atoms with van der Waals surface area (Å²) in [5.41, 5.74) is 2.97. The Labute approximate surface area is 129 Å². The monoisotopic (exact) mass is 303 g/mol. The summed E-state index contributed by atoms with van der Waals surface area (Å²) in [4.78, 5) is 18.9. The maximum absolute atomic E-state index is 12.7. The van der Waals surface area contributed by atoms with Crippen molar-refractivity contribution in [3.63, 3.8) is 0 Å². The molecule has 0 N–H and O–H groups in total. The molecule has 0 aliphatic carbocycles. The highest BCUT2D eigenvalue weighted by atomic mass is 16.5. The fourth-order valence-corrected chi connectivity index (χ4v) is 3.11. The molecule has 2 aromatic rings. The minimum Gasteiger partial charge on any atom is -0.340 e. The van der Waals surface area contributed by atoms with Crippen LogP contribution in [0.5, 0.6) is 0 Å². The highest BCUT2D eigenvalue weighted by Crippen LogP contribution is 2.31. The maximum Gasteiger partial charge on any atom is 0.227 e. The van der Waals surface area contributed by atoms with E-state index < -0.39 is 0 Å². The molecule has 1 aliphatic rings. The smallest absolute Gasteiger partial charge is 0.227 e. The van der Waals surface area contributed by atoms with Gasteiger partial charge in [-0.05, 0) is 26.7 Å². The average Bonchev–Trinajstić information content (AvgIpc) is 3.15. The predicted octanol–water partition coefficient (Wildman–Crippen LogP) is 1.63. The van der Waals surface area contributed by atoms with Gasteiger partial charge < -0.3 is 9.42 Å². The standard InChI is InChI=1S/C15H21N5O2/c1-9-12(10(2)19(4)17-9)8-14(21)20-7-5-6-13(20)15-16-11(3)22-18-15/h13H,5-8H2,1-4H3/t13-/m1/s1. The molecule has 1 fully saturated rings.